The second-order valence-electron chi connectivity index (χ2n) is 7.59. The van der Waals surface area contributed by atoms with E-state index in [0.29, 0.717) is 48.7 Å². The van der Waals surface area contributed by atoms with Crippen LogP contribution in [0.5, 0.6) is 5.75 Å². The van der Waals surface area contributed by atoms with Crippen molar-refractivity contribution in [3.05, 3.63) is 77.4 Å². The molecule has 1 amide bonds. The van der Waals surface area contributed by atoms with Crippen LogP contribution in [0.2, 0.25) is 0 Å². The number of benzene rings is 2. The monoisotopic (exact) mass is 448 g/mol. The first-order valence-electron chi connectivity index (χ1n) is 10.6. The topological polar surface area (TPSA) is 89.1 Å². The Labute approximate surface area is 191 Å². The smallest absolute Gasteiger partial charge is 0.251 e. The van der Waals surface area contributed by atoms with Gasteiger partial charge in [-0.3, -0.25) is 9.89 Å². The number of methoxy groups -OCH3 is 1. The quantitative estimate of drug-likeness (QED) is 0.377. The van der Waals surface area contributed by atoms with Gasteiger partial charge in [-0.2, -0.15) is 5.10 Å². The Bertz CT molecular complexity index is 1250. The highest BCUT2D eigenvalue weighted by Gasteiger charge is 2.13. The van der Waals surface area contributed by atoms with E-state index >= 15 is 0 Å². The van der Waals surface area contributed by atoms with Crippen LogP contribution in [0.1, 0.15) is 21.6 Å². The highest BCUT2D eigenvalue weighted by atomic mass is 19.1. The number of fused-ring (bicyclic) bond motifs is 1. The maximum absolute atomic E-state index is 13.4. The number of carbonyl (C=O) groups is 1. The summed E-state index contributed by atoms with van der Waals surface area (Å²) in [6.07, 6.45) is 2.52. The fourth-order valence-electron chi connectivity index (χ4n) is 3.51. The Kier molecular flexibility index (Phi) is 6.95. The van der Waals surface area contributed by atoms with E-state index in [1.807, 2.05) is 25.3 Å². The zero-order valence-electron chi connectivity index (χ0n) is 18.5. The van der Waals surface area contributed by atoms with E-state index in [9.17, 15) is 9.18 Å². The van der Waals surface area contributed by atoms with Crippen molar-refractivity contribution in [2.75, 3.05) is 26.9 Å². The summed E-state index contributed by atoms with van der Waals surface area (Å²) in [7, 11) is 1.61. The number of pyridine rings is 1. The molecule has 0 aliphatic carbocycles. The van der Waals surface area contributed by atoms with E-state index in [1.165, 1.54) is 12.1 Å². The van der Waals surface area contributed by atoms with Gasteiger partial charge in [-0.1, -0.05) is 0 Å². The number of rotatable bonds is 9. The summed E-state index contributed by atoms with van der Waals surface area (Å²) < 4.78 is 24.4. The van der Waals surface area contributed by atoms with Gasteiger partial charge in [-0.25, -0.2) is 9.37 Å². The molecule has 33 heavy (non-hydrogen) atoms. The second-order valence-corrected chi connectivity index (χ2v) is 7.59. The van der Waals surface area contributed by atoms with Gasteiger partial charge in [0.05, 0.1) is 23.5 Å². The third kappa shape index (κ3) is 5.35. The maximum atomic E-state index is 13.4. The number of hydrogen-bond donors (Lipinski definition) is 2. The molecule has 2 N–H and O–H groups in total. The summed E-state index contributed by atoms with van der Waals surface area (Å²) in [4.78, 5) is 17.5. The standard InChI is InChI=1S/C25H25FN4O3/c1-16-19(15-28-30-16)9-10-27-25(31)18-5-8-21-23(13-18)29-22(14-24(21)33-12-11-32-2)17-3-6-20(26)7-4-17/h3-8,13-15H,9-12H2,1-2H3,(H,27,31)(H,28,30). The molecule has 0 unspecified atom stereocenters. The SMILES string of the molecule is COCCOc1cc(-c2ccc(F)cc2)nc2cc(C(=O)NCCc3c[nH]nc3C)ccc12. The predicted octanol–water partition coefficient (Wildman–Crippen LogP) is 4.07. The third-order valence-corrected chi connectivity index (χ3v) is 5.33. The number of hydrogen-bond acceptors (Lipinski definition) is 5. The summed E-state index contributed by atoms with van der Waals surface area (Å²) in [5.41, 5.74) is 4.48. The molecule has 0 aliphatic heterocycles. The van der Waals surface area contributed by atoms with Crippen molar-refractivity contribution in [1.29, 1.82) is 0 Å². The van der Waals surface area contributed by atoms with Crippen LogP contribution in [0.3, 0.4) is 0 Å². The van der Waals surface area contributed by atoms with Crippen molar-refractivity contribution < 1.29 is 18.7 Å². The van der Waals surface area contributed by atoms with Crippen LogP contribution in [0.25, 0.3) is 22.2 Å². The van der Waals surface area contributed by atoms with Gasteiger partial charge in [0.25, 0.3) is 5.91 Å². The fraction of sp³-hybridized carbons (Fsp3) is 0.240. The van der Waals surface area contributed by atoms with Crippen LogP contribution >= 0.6 is 0 Å². The minimum absolute atomic E-state index is 0.186. The van der Waals surface area contributed by atoms with E-state index in [2.05, 4.69) is 15.5 Å². The van der Waals surface area contributed by atoms with Gasteiger partial charge in [-0.05, 0) is 61.4 Å². The fourth-order valence-corrected chi connectivity index (χ4v) is 3.51. The number of nitrogens with zero attached hydrogens (tertiary/aromatic N) is 2. The Morgan fingerprint density at radius 2 is 1.94 bits per heavy atom. The van der Waals surface area contributed by atoms with E-state index in [4.69, 9.17) is 14.5 Å². The number of carbonyl (C=O) groups excluding carboxylic acids is 1. The lowest BCUT2D eigenvalue weighted by molar-refractivity contribution is 0.0954. The molecule has 0 spiro atoms. The molecule has 4 rings (SSSR count). The lowest BCUT2D eigenvalue weighted by Crippen LogP contribution is -2.25. The van der Waals surface area contributed by atoms with Crippen molar-refractivity contribution >= 4 is 16.8 Å². The molecule has 2 aromatic carbocycles. The number of ether oxygens (including phenoxy) is 2. The Balaban J connectivity index is 1.60. The number of halogens is 1. The molecule has 2 heterocycles. The van der Waals surface area contributed by atoms with Crippen LogP contribution in [-0.4, -0.2) is 48.0 Å². The molecule has 4 aromatic rings. The molecule has 0 saturated heterocycles. The Morgan fingerprint density at radius 1 is 1.12 bits per heavy atom. The van der Waals surface area contributed by atoms with Crippen molar-refractivity contribution in [2.45, 2.75) is 13.3 Å². The first-order valence-corrected chi connectivity index (χ1v) is 10.6. The van der Waals surface area contributed by atoms with Gasteiger partial charge in [-0.15, -0.1) is 0 Å². The number of aromatic nitrogens is 3. The molecular formula is C25H25FN4O3. The molecule has 7 nitrogen and oxygen atoms in total. The minimum Gasteiger partial charge on any atom is -0.490 e. The lowest BCUT2D eigenvalue weighted by Gasteiger charge is -2.13. The van der Waals surface area contributed by atoms with Crippen LogP contribution in [-0.2, 0) is 11.2 Å². The molecule has 0 saturated carbocycles. The number of amides is 1. The average molecular weight is 448 g/mol. The van der Waals surface area contributed by atoms with Gasteiger partial charge >= 0.3 is 0 Å². The number of H-pyrrole nitrogens is 1. The van der Waals surface area contributed by atoms with E-state index < -0.39 is 0 Å². The zero-order valence-corrected chi connectivity index (χ0v) is 18.5. The molecule has 8 heteroatoms. The number of aryl methyl sites for hydroxylation is 1. The van der Waals surface area contributed by atoms with Crippen molar-refractivity contribution in [3.63, 3.8) is 0 Å². The molecule has 0 aliphatic rings. The van der Waals surface area contributed by atoms with Crippen LogP contribution in [0.4, 0.5) is 4.39 Å². The van der Waals surface area contributed by atoms with E-state index in [-0.39, 0.29) is 11.7 Å². The van der Waals surface area contributed by atoms with Crippen molar-refractivity contribution in [3.8, 4) is 17.0 Å². The van der Waals surface area contributed by atoms with Gasteiger partial charge in [0, 0.05) is 42.4 Å². The predicted molar refractivity (Wildman–Crippen MR) is 124 cm³/mol. The van der Waals surface area contributed by atoms with E-state index in [0.717, 1.165) is 22.2 Å². The molecule has 170 valence electrons. The highest BCUT2D eigenvalue weighted by molar-refractivity contribution is 5.99. The molecule has 0 fully saturated rings. The third-order valence-electron chi connectivity index (χ3n) is 5.33. The normalized spacial score (nSPS) is 11.0. The number of aromatic amines is 1. The summed E-state index contributed by atoms with van der Waals surface area (Å²) >= 11 is 0. The van der Waals surface area contributed by atoms with Crippen molar-refractivity contribution in [1.82, 2.24) is 20.5 Å². The van der Waals surface area contributed by atoms with Crippen LogP contribution in [0, 0.1) is 12.7 Å². The first kappa shape index (κ1) is 22.4. The minimum atomic E-state index is -0.319. The molecule has 0 bridgehead atoms. The van der Waals surface area contributed by atoms with Gasteiger partial charge < -0.3 is 14.8 Å². The summed E-state index contributed by atoms with van der Waals surface area (Å²) in [5, 5.41) is 10.6. The summed E-state index contributed by atoms with van der Waals surface area (Å²) in [6, 6.07) is 13.2. The zero-order chi connectivity index (χ0) is 23.2. The number of nitrogens with one attached hydrogen (secondary N) is 2. The molecule has 0 atom stereocenters. The summed E-state index contributed by atoms with van der Waals surface area (Å²) in [6.45, 7) is 3.22. The van der Waals surface area contributed by atoms with Gasteiger partial charge in [0.15, 0.2) is 0 Å². The van der Waals surface area contributed by atoms with Gasteiger partial charge in [0.1, 0.15) is 18.2 Å². The molecular weight excluding hydrogens is 423 g/mol. The maximum Gasteiger partial charge on any atom is 0.251 e. The van der Waals surface area contributed by atoms with E-state index in [1.54, 1.807) is 31.4 Å². The Hall–Kier alpha value is -3.78. The van der Waals surface area contributed by atoms with Crippen LogP contribution in [0.15, 0.2) is 54.7 Å². The van der Waals surface area contributed by atoms with Crippen LogP contribution < -0.4 is 10.1 Å². The largest absolute Gasteiger partial charge is 0.490 e. The molecule has 0 radical (unpaired) electrons. The highest BCUT2D eigenvalue weighted by Crippen LogP contribution is 2.31. The first-order chi connectivity index (χ1) is 16.0. The second kappa shape index (κ2) is 10.2. The average Bonchev–Trinajstić information content (AvgIpc) is 3.23. The lowest BCUT2D eigenvalue weighted by atomic mass is 10.1. The summed E-state index contributed by atoms with van der Waals surface area (Å²) in [5.74, 6) is 0.119. The molecule has 2 aromatic heterocycles. The van der Waals surface area contributed by atoms with Crippen molar-refractivity contribution in [2.24, 2.45) is 0 Å². The van der Waals surface area contributed by atoms with Gasteiger partial charge in [0.2, 0.25) is 0 Å². The Morgan fingerprint density at radius 3 is 2.67 bits per heavy atom.